The molecule has 142 valence electrons. The van der Waals surface area contributed by atoms with Gasteiger partial charge in [0.05, 0.1) is 18.4 Å². The number of imidazole rings is 1. The monoisotopic (exact) mass is 438 g/mol. The molecule has 1 aromatic heterocycles. The molecule has 2 atom stereocenters. The van der Waals surface area contributed by atoms with Gasteiger partial charge in [0, 0.05) is 10.4 Å². The number of hydrogen-bond donors (Lipinski definition) is 2. The number of aromatic amines is 1. The van der Waals surface area contributed by atoms with E-state index in [1.807, 2.05) is 61.5 Å². The molecule has 2 unspecified atom stereocenters. The fourth-order valence-corrected chi connectivity index (χ4v) is 3.77. The number of carbonyl (C=O) groups is 2. The number of rotatable bonds is 5. The van der Waals surface area contributed by atoms with Gasteiger partial charge in [-0.05, 0) is 23.3 Å². The van der Waals surface area contributed by atoms with Crippen molar-refractivity contribution in [3.05, 3.63) is 76.7 Å². The Labute approximate surface area is 171 Å². The number of urea groups is 1. The van der Waals surface area contributed by atoms with E-state index in [1.165, 1.54) is 4.90 Å². The maximum absolute atomic E-state index is 12.4. The van der Waals surface area contributed by atoms with E-state index in [1.54, 1.807) is 6.20 Å². The number of carbonyl (C=O) groups excluding carboxylic acids is 2. The summed E-state index contributed by atoms with van der Waals surface area (Å²) in [4.78, 5) is 34.0. The number of nitrogens with zero attached hydrogens (tertiary/aromatic N) is 2. The maximum atomic E-state index is 12.4. The van der Waals surface area contributed by atoms with Crippen molar-refractivity contribution in [3.8, 4) is 11.3 Å². The molecule has 7 heteroatoms. The topological polar surface area (TPSA) is 78.1 Å². The molecule has 0 bridgehead atoms. The number of amides is 3. The third kappa shape index (κ3) is 3.45. The van der Waals surface area contributed by atoms with Crippen LogP contribution in [0, 0.1) is 0 Å². The van der Waals surface area contributed by atoms with E-state index in [0.717, 1.165) is 21.3 Å². The molecule has 3 amide bonds. The molecule has 0 saturated carbocycles. The van der Waals surface area contributed by atoms with Crippen LogP contribution in [0.5, 0.6) is 0 Å². The molecule has 6 nitrogen and oxygen atoms in total. The molecule has 0 aliphatic carbocycles. The highest BCUT2D eigenvalue weighted by atomic mass is 79.9. The van der Waals surface area contributed by atoms with Crippen LogP contribution in [0.25, 0.3) is 11.3 Å². The van der Waals surface area contributed by atoms with Crippen molar-refractivity contribution in [3.63, 3.8) is 0 Å². The fourth-order valence-electron chi connectivity index (χ4n) is 3.50. The zero-order chi connectivity index (χ0) is 19.7. The van der Waals surface area contributed by atoms with Crippen molar-refractivity contribution >= 4 is 27.9 Å². The van der Waals surface area contributed by atoms with Crippen LogP contribution in [0.3, 0.4) is 0 Å². The Morgan fingerprint density at radius 2 is 1.79 bits per heavy atom. The van der Waals surface area contributed by atoms with E-state index >= 15 is 0 Å². The Morgan fingerprint density at radius 3 is 2.43 bits per heavy atom. The van der Waals surface area contributed by atoms with Crippen LogP contribution in [0.4, 0.5) is 4.79 Å². The minimum absolute atomic E-state index is 0.0110. The Morgan fingerprint density at radius 1 is 1.07 bits per heavy atom. The third-order valence-electron chi connectivity index (χ3n) is 4.99. The van der Waals surface area contributed by atoms with Crippen molar-refractivity contribution in [1.82, 2.24) is 20.2 Å². The van der Waals surface area contributed by atoms with Crippen molar-refractivity contribution in [2.75, 3.05) is 6.54 Å². The molecule has 1 aliphatic heterocycles. The van der Waals surface area contributed by atoms with E-state index in [4.69, 9.17) is 0 Å². The summed E-state index contributed by atoms with van der Waals surface area (Å²) in [5.74, 6) is 0.206. The molecule has 3 aromatic rings. The lowest BCUT2D eigenvalue weighted by molar-refractivity contribution is -0.127. The first kappa shape index (κ1) is 18.4. The van der Waals surface area contributed by atoms with E-state index in [2.05, 4.69) is 31.2 Å². The first-order valence-corrected chi connectivity index (χ1v) is 9.79. The Hall–Kier alpha value is -2.93. The number of aromatic nitrogens is 2. The van der Waals surface area contributed by atoms with Crippen LogP contribution in [0.2, 0.25) is 0 Å². The van der Waals surface area contributed by atoms with Crippen molar-refractivity contribution in [2.24, 2.45) is 0 Å². The number of H-pyrrole nitrogens is 1. The lowest BCUT2D eigenvalue weighted by Crippen LogP contribution is -2.38. The summed E-state index contributed by atoms with van der Waals surface area (Å²) in [6, 6.07) is 16.8. The van der Waals surface area contributed by atoms with Crippen LogP contribution in [0.1, 0.15) is 30.3 Å². The zero-order valence-corrected chi connectivity index (χ0v) is 16.8. The minimum atomic E-state index is -0.526. The SMILES string of the molecule is CC(c1ccccc1)C(c1ncc(-c2ccc(Br)cc2)[nH]1)N1C(=O)CNC1=O. The van der Waals surface area contributed by atoms with Gasteiger partial charge in [-0.2, -0.15) is 0 Å². The molecular formula is C21H19BrN4O2. The molecule has 0 radical (unpaired) electrons. The van der Waals surface area contributed by atoms with Crippen LogP contribution >= 0.6 is 15.9 Å². The quantitative estimate of drug-likeness (QED) is 0.584. The van der Waals surface area contributed by atoms with E-state index in [0.29, 0.717) is 5.82 Å². The Balaban J connectivity index is 1.74. The first-order valence-electron chi connectivity index (χ1n) is 9.00. The smallest absolute Gasteiger partial charge is 0.325 e. The summed E-state index contributed by atoms with van der Waals surface area (Å²) in [5.41, 5.74) is 2.84. The standard InChI is InChI=1S/C21H19BrN4O2/c1-13(14-5-3-2-4-6-14)19(26-18(27)12-24-21(26)28)20-23-11-17(25-20)15-7-9-16(22)10-8-15/h2-11,13,19H,12H2,1H3,(H,23,25)(H,24,28). The van der Waals surface area contributed by atoms with Crippen LogP contribution in [-0.2, 0) is 4.79 Å². The van der Waals surface area contributed by atoms with Crippen molar-refractivity contribution < 1.29 is 9.59 Å². The molecule has 28 heavy (non-hydrogen) atoms. The summed E-state index contributed by atoms with van der Waals surface area (Å²) in [6.07, 6.45) is 1.74. The van der Waals surface area contributed by atoms with Gasteiger partial charge < -0.3 is 10.3 Å². The molecule has 1 aliphatic rings. The van der Waals surface area contributed by atoms with Gasteiger partial charge in [0.1, 0.15) is 11.9 Å². The van der Waals surface area contributed by atoms with Crippen LogP contribution in [-0.4, -0.2) is 33.4 Å². The Kier molecular flexibility index (Phi) is 5.00. The summed E-state index contributed by atoms with van der Waals surface area (Å²) in [6.45, 7) is 2.01. The molecule has 4 rings (SSSR count). The van der Waals surface area contributed by atoms with Crippen molar-refractivity contribution in [1.29, 1.82) is 0 Å². The molecule has 1 saturated heterocycles. The number of benzene rings is 2. The predicted molar refractivity (Wildman–Crippen MR) is 110 cm³/mol. The second-order valence-corrected chi connectivity index (χ2v) is 7.67. The maximum Gasteiger partial charge on any atom is 0.325 e. The van der Waals surface area contributed by atoms with Gasteiger partial charge in [0.2, 0.25) is 0 Å². The molecule has 2 N–H and O–H groups in total. The second-order valence-electron chi connectivity index (χ2n) is 6.76. The van der Waals surface area contributed by atoms with Gasteiger partial charge in [-0.25, -0.2) is 9.78 Å². The van der Waals surface area contributed by atoms with Crippen molar-refractivity contribution in [2.45, 2.75) is 18.9 Å². The van der Waals surface area contributed by atoms with E-state index in [-0.39, 0.29) is 24.4 Å². The molecular weight excluding hydrogens is 420 g/mol. The number of imide groups is 1. The first-order chi connectivity index (χ1) is 13.5. The zero-order valence-electron chi connectivity index (χ0n) is 15.2. The highest BCUT2D eigenvalue weighted by Gasteiger charge is 2.40. The summed E-state index contributed by atoms with van der Waals surface area (Å²) < 4.78 is 0.992. The van der Waals surface area contributed by atoms with Crippen LogP contribution < -0.4 is 5.32 Å². The normalized spacial score (nSPS) is 16.1. The lowest BCUT2D eigenvalue weighted by atomic mass is 9.91. The highest BCUT2D eigenvalue weighted by molar-refractivity contribution is 9.10. The summed E-state index contributed by atoms with van der Waals surface area (Å²) in [7, 11) is 0. The van der Waals surface area contributed by atoms with Crippen LogP contribution in [0.15, 0.2) is 65.3 Å². The van der Waals surface area contributed by atoms with Gasteiger partial charge in [0.25, 0.3) is 5.91 Å². The van der Waals surface area contributed by atoms with Gasteiger partial charge in [-0.15, -0.1) is 0 Å². The summed E-state index contributed by atoms with van der Waals surface area (Å²) >= 11 is 3.43. The average molecular weight is 439 g/mol. The predicted octanol–water partition coefficient (Wildman–Crippen LogP) is 4.24. The van der Waals surface area contributed by atoms with E-state index < -0.39 is 6.04 Å². The molecule has 2 aromatic carbocycles. The molecule has 0 spiro atoms. The Bertz CT molecular complexity index is 985. The summed E-state index contributed by atoms with van der Waals surface area (Å²) in [5, 5.41) is 2.61. The molecule has 1 fully saturated rings. The number of hydrogen-bond acceptors (Lipinski definition) is 3. The van der Waals surface area contributed by atoms with Gasteiger partial charge >= 0.3 is 6.03 Å². The van der Waals surface area contributed by atoms with E-state index in [9.17, 15) is 9.59 Å². The number of halogens is 1. The lowest BCUT2D eigenvalue weighted by Gasteiger charge is -2.29. The fraction of sp³-hybridized carbons (Fsp3) is 0.190. The number of nitrogens with one attached hydrogen (secondary N) is 2. The van der Waals surface area contributed by atoms with Gasteiger partial charge in [-0.1, -0.05) is 65.3 Å². The van der Waals surface area contributed by atoms with Gasteiger partial charge in [-0.3, -0.25) is 9.69 Å². The third-order valence-corrected chi connectivity index (χ3v) is 5.51. The van der Waals surface area contributed by atoms with Gasteiger partial charge in [0.15, 0.2) is 0 Å². The molecule has 2 heterocycles. The minimum Gasteiger partial charge on any atom is -0.340 e. The average Bonchev–Trinajstić information content (AvgIpc) is 3.32. The largest absolute Gasteiger partial charge is 0.340 e. The second kappa shape index (κ2) is 7.59. The highest BCUT2D eigenvalue weighted by Crippen LogP contribution is 2.36.